The Labute approximate surface area is 169 Å². The third-order valence-electron chi connectivity index (χ3n) is 6.49. The highest BCUT2D eigenvalue weighted by Crippen LogP contribution is 2.27. The molecule has 1 aromatic carbocycles. The molecular weight excluding hydrogens is 350 g/mol. The summed E-state index contributed by atoms with van der Waals surface area (Å²) in [6, 6.07) is 9.52. The van der Waals surface area contributed by atoms with Gasteiger partial charge < -0.3 is 10.1 Å². The van der Waals surface area contributed by atoms with Crippen molar-refractivity contribution in [3.8, 4) is 5.75 Å². The van der Waals surface area contributed by atoms with Crippen LogP contribution in [0.15, 0.2) is 24.3 Å². The first-order chi connectivity index (χ1) is 13.7. The molecule has 3 fully saturated rings. The van der Waals surface area contributed by atoms with Crippen molar-refractivity contribution in [2.75, 3.05) is 32.8 Å². The second-order valence-electron chi connectivity index (χ2n) is 8.67. The van der Waals surface area contributed by atoms with Gasteiger partial charge >= 0.3 is 0 Å². The zero-order chi connectivity index (χ0) is 19.3. The van der Waals surface area contributed by atoms with Gasteiger partial charge in [-0.2, -0.15) is 0 Å². The van der Waals surface area contributed by atoms with Gasteiger partial charge in [0.2, 0.25) is 5.91 Å². The van der Waals surface area contributed by atoms with E-state index in [4.69, 9.17) is 4.74 Å². The van der Waals surface area contributed by atoms with Crippen molar-refractivity contribution in [2.45, 2.75) is 64.1 Å². The summed E-state index contributed by atoms with van der Waals surface area (Å²) < 4.78 is 5.79. The predicted molar refractivity (Wildman–Crippen MR) is 111 cm³/mol. The molecule has 0 aromatic heterocycles. The maximum Gasteiger partial charge on any atom is 0.224 e. The first-order valence-electron chi connectivity index (χ1n) is 11.2. The SMILES string of the molecule is CCOc1ccccc1CN1CCC(N2CCC[C@H](C(=O)NC3CC3)C2)CC1. The Morgan fingerprint density at radius 2 is 1.89 bits per heavy atom. The van der Waals surface area contributed by atoms with Gasteiger partial charge in [-0.3, -0.25) is 14.6 Å². The van der Waals surface area contributed by atoms with E-state index in [1.165, 1.54) is 31.2 Å². The van der Waals surface area contributed by atoms with Crippen LogP contribution in [0.5, 0.6) is 5.75 Å². The second-order valence-corrected chi connectivity index (χ2v) is 8.67. The fourth-order valence-corrected chi connectivity index (χ4v) is 4.71. The number of para-hydroxylation sites is 1. The van der Waals surface area contributed by atoms with Crippen LogP contribution in [-0.2, 0) is 11.3 Å². The highest BCUT2D eigenvalue weighted by Gasteiger charge is 2.33. The number of amides is 1. The van der Waals surface area contributed by atoms with E-state index >= 15 is 0 Å². The summed E-state index contributed by atoms with van der Waals surface area (Å²) in [5.41, 5.74) is 1.29. The average Bonchev–Trinajstić information content (AvgIpc) is 3.54. The molecule has 0 spiro atoms. The molecule has 0 bridgehead atoms. The zero-order valence-corrected chi connectivity index (χ0v) is 17.2. The summed E-state index contributed by atoms with van der Waals surface area (Å²) in [7, 11) is 0. The molecule has 2 aliphatic heterocycles. The molecule has 1 N–H and O–H groups in total. The lowest BCUT2D eigenvalue weighted by Gasteiger charge is -2.42. The van der Waals surface area contributed by atoms with Gasteiger partial charge in [-0.05, 0) is 71.1 Å². The van der Waals surface area contributed by atoms with Crippen LogP contribution in [0.1, 0.15) is 51.0 Å². The second kappa shape index (κ2) is 9.27. The minimum Gasteiger partial charge on any atom is -0.494 e. The van der Waals surface area contributed by atoms with Gasteiger partial charge in [0.1, 0.15) is 5.75 Å². The number of hydrogen-bond acceptors (Lipinski definition) is 4. The molecule has 28 heavy (non-hydrogen) atoms. The summed E-state index contributed by atoms with van der Waals surface area (Å²) in [6.45, 7) is 8.08. The molecule has 1 atom stereocenters. The molecule has 2 saturated heterocycles. The molecule has 154 valence electrons. The highest BCUT2D eigenvalue weighted by atomic mass is 16.5. The quantitative estimate of drug-likeness (QED) is 0.784. The predicted octanol–water partition coefficient (Wildman–Crippen LogP) is 3.04. The van der Waals surface area contributed by atoms with E-state index in [9.17, 15) is 4.79 Å². The van der Waals surface area contributed by atoms with Gasteiger partial charge in [0.05, 0.1) is 12.5 Å². The number of nitrogens with one attached hydrogen (secondary N) is 1. The maximum absolute atomic E-state index is 12.5. The minimum absolute atomic E-state index is 0.199. The number of nitrogens with zero attached hydrogens (tertiary/aromatic N) is 2. The van der Waals surface area contributed by atoms with Gasteiger partial charge in [-0.15, -0.1) is 0 Å². The maximum atomic E-state index is 12.5. The average molecular weight is 386 g/mol. The van der Waals surface area contributed by atoms with E-state index in [0.29, 0.717) is 24.6 Å². The summed E-state index contributed by atoms with van der Waals surface area (Å²) in [5, 5.41) is 3.21. The topological polar surface area (TPSA) is 44.8 Å². The number of hydrogen-bond donors (Lipinski definition) is 1. The summed E-state index contributed by atoms with van der Waals surface area (Å²) in [5.74, 6) is 1.52. The van der Waals surface area contributed by atoms with Gasteiger partial charge in [0.15, 0.2) is 0 Å². The minimum atomic E-state index is 0.199. The molecule has 5 heteroatoms. The Kier molecular flexibility index (Phi) is 6.53. The van der Waals surface area contributed by atoms with E-state index in [2.05, 4.69) is 33.3 Å². The fraction of sp³-hybridized carbons (Fsp3) is 0.696. The van der Waals surface area contributed by atoms with Crippen LogP contribution >= 0.6 is 0 Å². The van der Waals surface area contributed by atoms with E-state index < -0.39 is 0 Å². The molecule has 2 heterocycles. The van der Waals surface area contributed by atoms with Crippen LogP contribution in [0.3, 0.4) is 0 Å². The van der Waals surface area contributed by atoms with E-state index in [1.807, 2.05) is 13.0 Å². The smallest absolute Gasteiger partial charge is 0.224 e. The summed E-state index contributed by atoms with van der Waals surface area (Å²) >= 11 is 0. The van der Waals surface area contributed by atoms with Crippen molar-refractivity contribution < 1.29 is 9.53 Å². The molecule has 3 aliphatic rings. The summed E-state index contributed by atoms with van der Waals surface area (Å²) in [6.07, 6.45) is 6.97. The Balaban J connectivity index is 1.26. The van der Waals surface area contributed by atoms with Crippen molar-refractivity contribution >= 4 is 5.91 Å². The van der Waals surface area contributed by atoms with Crippen molar-refractivity contribution in [2.24, 2.45) is 5.92 Å². The van der Waals surface area contributed by atoms with Crippen LogP contribution in [-0.4, -0.2) is 60.6 Å². The number of likely N-dealkylation sites (tertiary alicyclic amines) is 2. The van der Waals surface area contributed by atoms with Gasteiger partial charge in [0, 0.05) is 30.7 Å². The number of carbonyl (C=O) groups excluding carboxylic acids is 1. The molecular formula is C23H35N3O2. The Hall–Kier alpha value is -1.59. The molecule has 1 amide bonds. The van der Waals surface area contributed by atoms with Crippen LogP contribution in [0.2, 0.25) is 0 Å². The molecule has 4 rings (SSSR count). The Bertz CT molecular complexity index is 653. The molecule has 0 unspecified atom stereocenters. The third-order valence-corrected chi connectivity index (χ3v) is 6.49. The normalized spacial score (nSPS) is 24.8. The monoisotopic (exact) mass is 385 g/mol. The number of carbonyl (C=O) groups is 1. The van der Waals surface area contributed by atoms with E-state index in [0.717, 1.165) is 51.3 Å². The fourth-order valence-electron chi connectivity index (χ4n) is 4.71. The molecule has 1 aromatic rings. The van der Waals surface area contributed by atoms with Gasteiger partial charge in [-0.25, -0.2) is 0 Å². The van der Waals surface area contributed by atoms with Gasteiger partial charge in [0.25, 0.3) is 0 Å². The van der Waals surface area contributed by atoms with Crippen LogP contribution in [0, 0.1) is 5.92 Å². The molecule has 1 saturated carbocycles. The first-order valence-corrected chi connectivity index (χ1v) is 11.2. The van der Waals surface area contributed by atoms with Gasteiger partial charge in [-0.1, -0.05) is 18.2 Å². The number of rotatable bonds is 7. The third kappa shape index (κ3) is 5.06. The van der Waals surface area contributed by atoms with Crippen LogP contribution in [0.4, 0.5) is 0 Å². The zero-order valence-electron chi connectivity index (χ0n) is 17.2. The van der Waals surface area contributed by atoms with Crippen molar-refractivity contribution in [3.63, 3.8) is 0 Å². The van der Waals surface area contributed by atoms with E-state index in [-0.39, 0.29) is 5.92 Å². The molecule has 0 radical (unpaired) electrons. The number of ether oxygens (including phenoxy) is 1. The molecule has 1 aliphatic carbocycles. The summed E-state index contributed by atoms with van der Waals surface area (Å²) in [4.78, 5) is 17.6. The van der Waals surface area contributed by atoms with Crippen molar-refractivity contribution in [1.29, 1.82) is 0 Å². The Morgan fingerprint density at radius 1 is 1.11 bits per heavy atom. The number of piperidine rings is 2. The van der Waals surface area contributed by atoms with E-state index in [1.54, 1.807) is 0 Å². The lowest BCUT2D eigenvalue weighted by Crippen LogP contribution is -2.50. The lowest BCUT2D eigenvalue weighted by atomic mass is 9.93. The first kappa shape index (κ1) is 19.7. The van der Waals surface area contributed by atoms with Crippen LogP contribution in [0.25, 0.3) is 0 Å². The molecule has 5 nitrogen and oxygen atoms in total. The standard InChI is InChI=1S/C23H35N3O2/c1-2-28-22-8-4-3-6-18(22)16-25-14-11-21(12-15-25)26-13-5-7-19(17-26)23(27)24-20-9-10-20/h3-4,6,8,19-21H,2,5,7,9-17H2,1H3,(H,24,27)/t19-/m0/s1. The highest BCUT2D eigenvalue weighted by molar-refractivity contribution is 5.79. The number of benzene rings is 1. The largest absolute Gasteiger partial charge is 0.494 e. The lowest BCUT2D eigenvalue weighted by molar-refractivity contribution is -0.127. The van der Waals surface area contributed by atoms with Crippen molar-refractivity contribution in [1.82, 2.24) is 15.1 Å². The van der Waals surface area contributed by atoms with Crippen molar-refractivity contribution in [3.05, 3.63) is 29.8 Å². The van der Waals surface area contributed by atoms with Crippen LogP contribution < -0.4 is 10.1 Å². The Morgan fingerprint density at radius 3 is 2.64 bits per heavy atom.